The van der Waals surface area contributed by atoms with Crippen LogP contribution in [0, 0.1) is 17.0 Å². The first-order chi connectivity index (χ1) is 10.9. The lowest BCUT2D eigenvalue weighted by molar-refractivity contribution is -0.384. The number of nitro benzene ring substituents is 1. The fourth-order valence-electron chi connectivity index (χ4n) is 1.73. The third-order valence-corrected chi connectivity index (χ3v) is 5.09. The number of benzene rings is 1. The standard InChI is InChI=1S/C14H15N3O4S2/c1-8-7-22-14(15-8)23-9(2)13(18)16-11-6-10(17(19)20)4-5-12(11)21-3/h4-7,9H,1-3H3,(H,16,18)/t9-/m1/s1. The van der Waals surface area contributed by atoms with E-state index in [4.69, 9.17) is 4.74 Å². The Morgan fingerprint density at radius 3 is 2.83 bits per heavy atom. The van der Waals surface area contributed by atoms with Gasteiger partial charge in [0, 0.05) is 23.2 Å². The maximum atomic E-state index is 12.3. The van der Waals surface area contributed by atoms with Gasteiger partial charge >= 0.3 is 0 Å². The van der Waals surface area contributed by atoms with Crippen LogP contribution in [0.15, 0.2) is 27.9 Å². The molecule has 122 valence electrons. The maximum absolute atomic E-state index is 12.3. The van der Waals surface area contributed by atoms with Gasteiger partial charge in [-0.1, -0.05) is 11.8 Å². The molecule has 1 atom stereocenters. The van der Waals surface area contributed by atoms with E-state index in [0.717, 1.165) is 10.0 Å². The van der Waals surface area contributed by atoms with Gasteiger partial charge in [0.1, 0.15) is 5.75 Å². The summed E-state index contributed by atoms with van der Waals surface area (Å²) in [5.74, 6) is 0.0906. The van der Waals surface area contributed by atoms with Crippen molar-refractivity contribution < 1.29 is 14.5 Å². The molecule has 7 nitrogen and oxygen atoms in total. The number of non-ortho nitro benzene ring substituents is 1. The highest BCUT2D eigenvalue weighted by molar-refractivity contribution is 8.02. The zero-order valence-corrected chi connectivity index (χ0v) is 14.4. The highest BCUT2D eigenvalue weighted by atomic mass is 32.2. The monoisotopic (exact) mass is 353 g/mol. The number of hydrogen-bond donors (Lipinski definition) is 1. The quantitative estimate of drug-likeness (QED) is 0.485. The number of nitro groups is 1. The van der Waals surface area contributed by atoms with Gasteiger partial charge in [-0.05, 0) is 19.9 Å². The zero-order chi connectivity index (χ0) is 17.0. The van der Waals surface area contributed by atoms with Crippen LogP contribution in [0.3, 0.4) is 0 Å². The lowest BCUT2D eigenvalue weighted by Crippen LogP contribution is -2.22. The van der Waals surface area contributed by atoms with Crippen LogP contribution in [0.5, 0.6) is 5.75 Å². The number of aromatic nitrogens is 1. The Labute approximate surface area is 141 Å². The summed E-state index contributed by atoms with van der Waals surface area (Å²) in [5, 5.41) is 15.0. The number of amides is 1. The molecule has 0 unspecified atom stereocenters. The Hall–Kier alpha value is -2.13. The van der Waals surface area contributed by atoms with E-state index in [1.807, 2.05) is 12.3 Å². The second kappa shape index (κ2) is 7.42. The number of carbonyl (C=O) groups is 1. The normalized spacial score (nSPS) is 11.8. The Morgan fingerprint density at radius 1 is 1.52 bits per heavy atom. The Morgan fingerprint density at radius 2 is 2.26 bits per heavy atom. The Kier molecular flexibility index (Phi) is 5.56. The number of ether oxygens (including phenoxy) is 1. The fourth-order valence-corrected chi connectivity index (χ4v) is 3.72. The minimum absolute atomic E-state index is 0.114. The summed E-state index contributed by atoms with van der Waals surface area (Å²) in [6.45, 7) is 3.64. The number of anilines is 1. The Bertz CT molecular complexity index is 733. The number of nitrogens with one attached hydrogen (secondary N) is 1. The molecule has 1 aromatic carbocycles. The SMILES string of the molecule is COc1ccc([N+](=O)[O-])cc1NC(=O)[C@@H](C)Sc1nc(C)cs1. The number of aryl methyl sites for hydroxylation is 1. The second-order valence-electron chi connectivity index (χ2n) is 4.65. The average molecular weight is 353 g/mol. The van der Waals surface area contributed by atoms with Crippen LogP contribution in [0.2, 0.25) is 0 Å². The number of rotatable bonds is 6. The average Bonchev–Trinajstić information content (AvgIpc) is 2.92. The number of thiazole rings is 1. The predicted octanol–water partition coefficient (Wildman–Crippen LogP) is 3.49. The molecule has 0 saturated carbocycles. The molecule has 1 heterocycles. The van der Waals surface area contributed by atoms with Gasteiger partial charge < -0.3 is 10.1 Å². The van der Waals surface area contributed by atoms with Crippen molar-refractivity contribution in [1.82, 2.24) is 4.98 Å². The summed E-state index contributed by atoms with van der Waals surface area (Å²) in [6.07, 6.45) is 0. The van der Waals surface area contributed by atoms with Crippen LogP contribution < -0.4 is 10.1 Å². The van der Waals surface area contributed by atoms with E-state index in [9.17, 15) is 14.9 Å². The van der Waals surface area contributed by atoms with Crippen LogP contribution in [0.1, 0.15) is 12.6 Å². The summed E-state index contributed by atoms with van der Waals surface area (Å²) >= 11 is 2.81. The van der Waals surface area contributed by atoms with Gasteiger partial charge in [-0.2, -0.15) is 0 Å². The van der Waals surface area contributed by atoms with Crippen molar-refractivity contribution in [2.45, 2.75) is 23.4 Å². The zero-order valence-electron chi connectivity index (χ0n) is 12.7. The number of thioether (sulfide) groups is 1. The van der Waals surface area contributed by atoms with Gasteiger partial charge in [0.25, 0.3) is 5.69 Å². The van der Waals surface area contributed by atoms with Crippen molar-refractivity contribution in [1.29, 1.82) is 0 Å². The van der Waals surface area contributed by atoms with Gasteiger partial charge in [-0.15, -0.1) is 11.3 Å². The minimum atomic E-state index is -0.522. The summed E-state index contributed by atoms with van der Waals surface area (Å²) < 4.78 is 5.93. The first-order valence-electron chi connectivity index (χ1n) is 6.62. The maximum Gasteiger partial charge on any atom is 0.271 e. The molecule has 0 spiro atoms. The fraction of sp³-hybridized carbons (Fsp3) is 0.286. The van der Waals surface area contributed by atoms with E-state index < -0.39 is 10.2 Å². The number of hydrogen-bond acceptors (Lipinski definition) is 7. The Balaban J connectivity index is 2.12. The molecular formula is C14H15N3O4S2. The molecule has 0 aliphatic heterocycles. The van der Waals surface area contributed by atoms with Gasteiger partial charge in [0.05, 0.1) is 23.0 Å². The molecule has 0 aliphatic rings. The molecule has 1 N–H and O–H groups in total. The topological polar surface area (TPSA) is 94.4 Å². The summed E-state index contributed by atoms with van der Waals surface area (Å²) in [4.78, 5) is 26.9. The second-order valence-corrected chi connectivity index (χ2v) is 7.09. The van der Waals surface area contributed by atoms with Crippen molar-refractivity contribution >= 4 is 40.4 Å². The molecular weight excluding hydrogens is 338 g/mol. The lowest BCUT2D eigenvalue weighted by Gasteiger charge is -2.13. The molecule has 0 bridgehead atoms. The van der Waals surface area contributed by atoms with E-state index in [2.05, 4.69) is 10.3 Å². The molecule has 0 saturated heterocycles. The van der Waals surface area contributed by atoms with Crippen molar-refractivity contribution in [3.63, 3.8) is 0 Å². The van der Waals surface area contributed by atoms with Gasteiger partial charge in [0.15, 0.2) is 4.34 Å². The van der Waals surface area contributed by atoms with Gasteiger partial charge in [0.2, 0.25) is 5.91 Å². The van der Waals surface area contributed by atoms with E-state index in [1.165, 1.54) is 48.4 Å². The molecule has 9 heteroatoms. The lowest BCUT2D eigenvalue weighted by atomic mass is 10.2. The van der Waals surface area contributed by atoms with Gasteiger partial charge in [-0.25, -0.2) is 4.98 Å². The van der Waals surface area contributed by atoms with Crippen molar-refractivity contribution in [2.24, 2.45) is 0 Å². The van der Waals surface area contributed by atoms with Crippen LogP contribution >= 0.6 is 23.1 Å². The third kappa shape index (κ3) is 4.42. The van der Waals surface area contributed by atoms with Crippen LogP contribution in [-0.4, -0.2) is 28.2 Å². The predicted molar refractivity (Wildman–Crippen MR) is 90.4 cm³/mol. The summed E-state index contributed by atoms with van der Waals surface area (Å²) in [5.41, 5.74) is 1.07. The van der Waals surface area contributed by atoms with Crippen molar-refractivity contribution in [3.8, 4) is 5.75 Å². The van der Waals surface area contributed by atoms with Crippen LogP contribution in [0.4, 0.5) is 11.4 Å². The van der Waals surface area contributed by atoms with Crippen molar-refractivity contribution in [2.75, 3.05) is 12.4 Å². The molecule has 1 amide bonds. The highest BCUT2D eigenvalue weighted by Crippen LogP contribution is 2.31. The largest absolute Gasteiger partial charge is 0.495 e. The molecule has 1 aromatic heterocycles. The molecule has 23 heavy (non-hydrogen) atoms. The van der Waals surface area contributed by atoms with E-state index in [-0.39, 0.29) is 17.3 Å². The van der Waals surface area contributed by atoms with Crippen molar-refractivity contribution in [3.05, 3.63) is 39.4 Å². The van der Waals surface area contributed by atoms with E-state index in [1.54, 1.807) is 6.92 Å². The molecule has 2 aromatic rings. The minimum Gasteiger partial charge on any atom is -0.495 e. The summed E-state index contributed by atoms with van der Waals surface area (Å²) in [6, 6.07) is 4.06. The molecule has 2 rings (SSSR count). The van der Waals surface area contributed by atoms with E-state index >= 15 is 0 Å². The number of methoxy groups -OCH3 is 1. The van der Waals surface area contributed by atoms with Gasteiger partial charge in [-0.3, -0.25) is 14.9 Å². The first-order valence-corrected chi connectivity index (χ1v) is 8.38. The molecule has 0 aliphatic carbocycles. The summed E-state index contributed by atoms with van der Waals surface area (Å²) in [7, 11) is 1.44. The van der Waals surface area contributed by atoms with Crippen LogP contribution in [-0.2, 0) is 4.79 Å². The number of nitrogens with zero attached hydrogens (tertiary/aromatic N) is 2. The third-order valence-electron chi connectivity index (χ3n) is 2.90. The number of carbonyl (C=O) groups excluding carboxylic acids is 1. The highest BCUT2D eigenvalue weighted by Gasteiger charge is 2.19. The van der Waals surface area contributed by atoms with E-state index in [0.29, 0.717) is 5.75 Å². The first kappa shape index (κ1) is 17.2. The van der Waals surface area contributed by atoms with Crippen LogP contribution in [0.25, 0.3) is 0 Å². The smallest absolute Gasteiger partial charge is 0.271 e. The molecule has 0 fully saturated rings. The molecule has 0 radical (unpaired) electrons.